The Morgan fingerprint density at radius 3 is 2.16 bits per heavy atom. The predicted octanol–water partition coefficient (Wildman–Crippen LogP) is 0.816. The average Bonchev–Trinajstić information content (AvgIpc) is 2.69. The maximum absolute atomic E-state index is 11.4. The van der Waals surface area contributed by atoms with Crippen molar-refractivity contribution in [2.45, 2.75) is 0 Å². The lowest BCUT2D eigenvalue weighted by atomic mass is 10.1. The summed E-state index contributed by atoms with van der Waals surface area (Å²) in [7, 11) is -1.49. The Hall–Kier alpha value is -1.90. The van der Waals surface area contributed by atoms with Gasteiger partial charge in [0.05, 0.1) is 12.7 Å². The van der Waals surface area contributed by atoms with Crippen LogP contribution in [0.4, 0.5) is 0 Å². The van der Waals surface area contributed by atoms with Gasteiger partial charge in [-0.3, -0.25) is 23.3 Å². The molecule has 0 spiro atoms. The molecule has 0 fully saturated rings. The van der Waals surface area contributed by atoms with Gasteiger partial charge in [-0.05, 0) is 5.56 Å². The first-order valence-electron chi connectivity index (χ1n) is 5.17. The van der Waals surface area contributed by atoms with Gasteiger partial charge in [0, 0.05) is 13.2 Å². The van der Waals surface area contributed by atoms with E-state index in [0.29, 0.717) is 5.56 Å². The van der Waals surface area contributed by atoms with Gasteiger partial charge in [0.25, 0.3) is 5.56 Å². The molecule has 2 N–H and O–H groups in total. The quantitative estimate of drug-likeness (QED) is 0.796. The van der Waals surface area contributed by atoms with E-state index >= 15 is 0 Å². The number of aromatic amines is 1. The van der Waals surface area contributed by atoms with Crippen LogP contribution in [0.2, 0.25) is 0 Å². The maximum Gasteiger partial charge on any atom is 0.397 e. The molecule has 0 bridgehead atoms. The van der Waals surface area contributed by atoms with E-state index in [0.717, 1.165) is 12.7 Å². The molecule has 0 saturated heterocycles. The molecule has 0 atom stereocenters. The molecule has 7 nitrogen and oxygen atoms in total. The van der Waals surface area contributed by atoms with Crippen LogP contribution in [-0.4, -0.2) is 29.9 Å². The second-order valence-electron chi connectivity index (χ2n) is 3.56. The van der Waals surface area contributed by atoms with Gasteiger partial charge in [-0.15, -0.1) is 0 Å². The fraction of sp³-hybridized carbons (Fsp3) is 0.182. The molecule has 1 aromatic heterocycles. The molecule has 0 aliphatic heterocycles. The third kappa shape index (κ3) is 5.08. The lowest BCUT2D eigenvalue weighted by Gasteiger charge is -1.92. The molecule has 104 valence electrons. The molecule has 19 heavy (non-hydrogen) atoms. The van der Waals surface area contributed by atoms with E-state index < -0.39 is 10.4 Å². The first-order valence-corrected chi connectivity index (χ1v) is 6.54. The summed E-state index contributed by atoms with van der Waals surface area (Å²) in [5, 5.41) is 2.67. The first-order chi connectivity index (χ1) is 8.83. The molecule has 0 saturated carbocycles. The molecule has 2 aromatic rings. The van der Waals surface area contributed by atoms with E-state index in [9.17, 15) is 13.2 Å². The lowest BCUT2D eigenvalue weighted by molar-refractivity contribution is 0.324. The van der Waals surface area contributed by atoms with Crippen molar-refractivity contribution in [3.05, 3.63) is 46.9 Å². The Labute approximate surface area is 110 Å². The van der Waals surface area contributed by atoms with Crippen LogP contribution in [0.3, 0.4) is 0 Å². The van der Waals surface area contributed by atoms with Crippen molar-refractivity contribution >= 4 is 10.4 Å². The number of nitrogens with zero attached hydrogens (tertiary/aromatic N) is 1. The van der Waals surface area contributed by atoms with Crippen molar-refractivity contribution in [3.63, 3.8) is 0 Å². The van der Waals surface area contributed by atoms with Gasteiger partial charge in [-0.1, -0.05) is 30.3 Å². The molecule has 1 aromatic carbocycles. The molecule has 1 heterocycles. The second kappa shape index (κ2) is 6.32. The van der Waals surface area contributed by atoms with E-state index in [1.807, 2.05) is 30.3 Å². The van der Waals surface area contributed by atoms with Gasteiger partial charge >= 0.3 is 10.4 Å². The number of aryl methyl sites for hydroxylation is 1. The van der Waals surface area contributed by atoms with Crippen LogP contribution in [0.1, 0.15) is 0 Å². The summed E-state index contributed by atoms with van der Waals surface area (Å²) in [6.07, 6.45) is 1.79. The van der Waals surface area contributed by atoms with Crippen LogP contribution in [0.25, 0.3) is 11.1 Å². The largest absolute Gasteiger partial charge is 0.397 e. The minimum absolute atomic E-state index is 0.0475. The third-order valence-electron chi connectivity index (χ3n) is 2.14. The number of nitrogens with one attached hydrogen (secondary N) is 1. The molecule has 2 rings (SSSR count). The number of benzene rings is 1. The summed E-state index contributed by atoms with van der Waals surface area (Å²) >= 11 is 0. The lowest BCUT2D eigenvalue weighted by Crippen LogP contribution is -2.03. The molecular weight excluding hydrogens is 272 g/mol. The predicted molar refractivity (Wildman–Crippen MR) is 70.0 cm³/mol. The Kier molecular flexibility index (Phi) is 5.04. The monoisotopic (exact) mass is 286 g/mol. The smallest absolute Gasteiger partial charge is 0.295 e. The average molecular weight is 286 g/mol. The number of hydrogen-bond donors (Lipinski definition) is 2. The third-order valence-corrected chi connectivity index (χ3v) is 2.56. The van der Waals surface area contributed by atoms with Crippen LogP contribution in [0, 0.1) is 0 Å². The molecule has 0 unspecified atom stereocenters. The minimum atomic E-state index is -4.16. The zero-order chi connectivity index (χ0) is 14.5. The molecule has 0 amide bonds. The van der Waals surface area contributed by atoms with Crippen molar-refractivity contribution in [2.24, 2.45) is 7.05 Å². The highest BCUT2D eigenvalue weighted by Crippen LogP contribution is 2.12. The number of H-pyrrole nitrogens is 1. The summed E-state index contributed by atoms with van der Waals surface area (Å²) in [6, 6.07) is 9.61. The fourth-order valence-corrected chi connectivity index (χ4v) is 1.33. The Balaban J connectivity index is 0.000000258. The van der Waals surface area contributed by atoms with Crippen molar-refractivity contribution in [2.75, 3.05) is 7.11 Å². The maximum atomic E-state index is 11.4. The summed E-state index contributed by atoms with van der Waals surface area (Å²) in [6.45, 7) is 0. The molecular formula is C11H14N2O5S. The van der Waals surface area contributed by atoms with Gasteiger partial charge in [-0.25, -0.2) is 0 Å². The Morgan fingerprint density at radius 2 is 1.79 bits per heavy atom. The first kappa shape index (κ1) is 15.2. The summed E-state index contributed by atoms with van der Waals surface area (Å²) in [5.74, 6) is 0. The van der Waals surface area contributed by atoms with Crippen LogP contribution < -0.4 is 5.56 Å². The fourth-order valence-electron chi connectivity index (χ4n) is 1.33. The van der Waals surface area contributed by atoms with E-state index in [2.05, 4.69) is 9.28 Å². The number of rotatable bonds is 2. The van der Waals surface area contributed by atoms with Crippen LogP contribution in [0.5, 0.6) is 0 Å². The number of aromatic nitrogens is 2. The second-order valence-corrected chi connectivity index (χ2v) is 4.74. The number of hydrogen-bond acceptors (Lipinski definition) is 4. The van der Waals surface area contributed by atoms with Crippen LogP contribution in [-0.2, 0) is 21.6 Å². The van der Waals surface area contributed by atoms with Gasteiger partial charge in [0.2, 0.25) is 0 Å². The Morgan fingerprint density at radius 1 is 1.26 bits per heavy atom. The van der Waals surface area contributed by atoms with Crippen LogP contribution in [0.15, 0.2) is 41.3 Å². The van der Waals surface area contributed by atoms with Gasteiger partial charge in [0.1, 0.15) is 0 Å². The minimum Gasteiger partial charge on any atom is -0.295 e. The normalized spacial score (nSPS) is 10.7. The summed E-state index contributed by atoms with van der Waals surface area (Å²) in [5.41, 5.74) is 1.61. The highest BCUT2D eigenvalue weighted by atomic mass is 32.3. The Bertz CT molecular complexity index is 673. The highest BCUT2D eigenvalue weighted by Gasteiger charge is 2.03. The molecule has 0 aliphatic carbocycles. The molecule has 0 radical (unpaired) electrons. The van der Waals surface area contributed by atoms with Gasteiger partial charge < -0.3 is 0 Å². The van der Waals surface area contributed by atoms with E-state index in [1.165, 1.54) is 0 Å². The SMILES string of the molecule is COS(=O)(=O)O.Cn1cc(-c2ccccc2)c(=O)[nH]1. The molecule has 8 heteroatoms. The summed E-state index contributed by atoms with van der Waals surface area (Å²) in [4.78, 5) is 11.4. The van der Waals surface area contributed by atoms with E-state index in [4.69, 9.17) is 4.55 Å². The van der Waals surface area contributed by atoms with Gasteiger partial charge in [0.15, 0.2) is 0 Å². The van der Waals surface area contributed by atoms with E-state index in [-0.39, 0.29) is 5.56 Å². The van der Waals surface area contributed by atoms with Crippen molar-refractivity contribution in [1.29, 1.82) is 0 Å². The van der Waals surface area contributed by atoms with Crippen molar-refractivity contribution in [1.82, 2.24) is 9.78 Å². The highest BCUT2D eigenvalue weighted by molar-refractivity contribution is 7.80. The zero-order valence-electron chi connectivity index (χ0n) is 10.4. The molecule has 0 aliphatic rings. The standard InChI is InChI=1S/C10H10N2O.CH4O4S/c1-12-7-9(10(13)11-12)8-5-3-2-4-6-8;1-5-6(2,3)4/h2-7H,1H3,(H,11,13);1H3,(H,2,3,4). The van der Waals surface area contributed by atoms with Crippen molar-refractivity contribution in [3.8, 4) is 11.1 Å². The summed E-state index contributed by atoms with van der Waals surface area (Å²) < 4.78 is 31.4. The topological polar surface area (TPSA) is 101 Å². The van der Waals surface area contributed by atoms with Gasteiger partial charge in [-0.2, -0.15) is 8.42 Å². The van der Waals surface area contributed by atoms with Crippen LogP contribution >= 0.6 is 0 Å². The zero-order valence-corrected chi connectivity index (χ0v) is 11.2. The van der Waals surface area contributed by atoms with E-state index in [1.54, 1.807) is 17.9 Å². The van der Waals surface area contributed by atoms with Crippen molar-refractivity contribution < 1.29 is 17.2 Å².